The van der Waals surface area contributed by atoms with E-state index < -0.39 is 0 Å². The van der Waals surface area contributed by atoms with E-state index in [1.807, 2.05) is 6.07 Å². The average Bonchev–Trinajstić information content (AvgIpc) is 2.90. The number of ether oxygens (including phenoxy) is 1. The van der Waals surface area contributed by atoms with Crippen molar-refractivity contribution in [1.82, 2.24) is 15.0 Å². The van der Waals surface area contributed by atoms with E-state index in [2.05, 4.69) is 25.2 Å². The average molecular weight is 311 g/mol. The van der Waals surface area contributed by atoms with Gasteiger partial charge in [-0.25, -0.2) is 9.97 Å². The SMILES string of the molecule is O=C(Nc1cccnc1)C1CC2CN(c3ncccn3)CC1O2. The summed E-state index contributed by atoms with van der Waals surface area (Å²) in [4.78, 5) is 27.2. The maximum atomic E-state index is 12.5. The Morgan fingerprint density at radius 2 is 2.09 bits per heavy atom. The van der Waals surface area contributed by atoms with Crippen LogP contribution in [0.2, 0.25) is 0 Å². The van der Waals surface area contributed by atoms with Gasteiger partial charge in [-0.3, -0.25) is 9.78 Å². The highest BCUT2D eigenvalue weighted by molar-refractivity contribution is 5.93. The van der Waals surface area contributed by atoms with Crippen LogP contribution in [0.5, 0.6) is 0 Å². The Morgan fingerprint density at radius 3 is 2.87 bits per heavy atom. The zero-order valence-electron chi connectivity index (χ0n) is 12.5. The molecule has 2 aliphatic rings. The van der Waals surface area contributed by atoms with Crippen LogP contribution in [-0.4, -0.2) is 46.2 Å². The van der Waals surface area contributed by atoms with Crippen molar-refractivity contribution in [2.24, 2.45) is 5.92 Å². The number of amides is 1. The number of carbonyl (C=O) groups is 1. The molecule has 7 heteroatoms. The summed E-state index contributed by atoms with van der Waals surface area (Å²) in [6.07, 6.45) is 7.42. The van der Waals surface area contributed by atoms with Crippen LogP contribution in [0.4, 0.5) is 11.6 Å². The van der Waals surface area contributed by atoms with Crippen LogP contribution in [0.1, 0.15) is 6.42 Å². The predicted octanol–water partition coefficient (Wildman–Crippen LogP) is 1.10. The topological polar surface area (TPSA) is 80.2 Å². The Balaban J connectivity index is 1.45. The molecule has 2 aromatic rings. The molecule has 1 amide bonds. The molecule has 118 valence electrons. The second-order valence-corrected chi connectivity index (χ2v) is 5.82. The number of nitrogens with zero attached hydrogens (tertiary/aromatic N) is 4. The van der Waals surface area contributed by atoms with Crippen molar-refractivity contribution in [3.8, 4) is 0 Å². The largest absolute Gasteiger partial charge is 0.370 e. The summed E-state index contributed by atoms with van der Waals surface area (Å²) < 4.78 is 5.95. The monoisotopic (exact) mass is 311 g/mol. The van der Waals surface area contributed by atoms with Crippen LogP contribution in [0.15, 0.2) is 43.0 Å². The number of pyridine rings is 1. The van der Waals surface area contributed by atoms with Crippen molar-refractivity contribution in [2.75, 3.05) is 23.3 Å². The zero-order chi connectivity index (χ0) is 15.6. The molecule has 1 N–H and O–H groups in total. The van der Waals surface area contributed by atoms with Gasteiger partial charge >= 0.3 is 0 Å². The number of hydrogen-bond acceptors (Lipinski definition) is 6. The van der Waals surface area contributed by atoms with Gasteiger partial charge in [0.2, 0.25) is 11.9 Å². The van der Waals surface area contributed by atoms with E-state index >= 15 is 0 Å². The summed E-state index contributed by atoms with van der Waals surface area (Å²) in [5.74, 6) is 0.523. The first-order chi connectivity index (χ1) is 11.3. The number of aromatic nitrogens is 3. The second kappa shape index (κ2) is 5.92. The lowest BCUT2D eigenvalue weighted by molar-refractivity contribution is -0.121. The van der Waals surface area contributed by atoms with Crippen molar-refractivity contribution in [3.05, 3.63) is 43.0 Å². The first-order valence-corrected chi connectivity index (χ1v) is 7.68. The predicted molar refractivity (Wildman–Crippen MR) is 83.9 cm³/mol. The standard InChI is InChI=1S/C16H17N5O2/c22-15(20-11-3-1-4-17-8-11)13-7-12-9-21(10-14(13)23-12)16-18-5-2-6-19-16/h1-6,8,12-14H,7,9-10H2,(H,20,22). The highest BCUT2D eigenvalue weighted by Crippen LogP contribution is 2.33. The highest BCUT2D eigenvalue weighted by atomic mass is 16.5. The molecule has 4 rings (SSSR count). The van der Waals surface area contributed by atoms with Crippen molar-refractivity contribution >= 4 is 17.5 Å². The van der Waals surface area contributed by atoms with E-state index in [0.717, 1.165) is 13.0 Å². The first kappa shape index (κ1) is 14.1. The van der Waals surface area contributed by atoms with Gasteiger partial charge in [0, 0.05) is 31.7 Å². The summed E-state index contributed by atoms with van der Waals surface area (Å²) in [5.41, 5.74) is 0.710. The normalized spacial score (nSPS) is 26.1. The smallest absolute Gasteiger partial charge is 0.230 e. The van der Waals surface area contributed by atoms with Crippen LogP contribution < -0.4 is 10.2 Å². The first-order valence-electron chi connectivity index (χ1n) is 7.68. The van der Waals surface area contributed by atoms with Crippen molar-refractivity contribution in [2.45, 2.75) is 18.6 Å². The number of rotatable bonds is 3. The third kappa shape index (κ3) is 2.87. The van der Waals surface area contributed by atoms with Gasteiger partial charge in [-0.05, 0) is 24.6 Å². The molecule has 0 spiro atoms. The lowest BCUT2D eigenvalue weighted by atomic mass is 9.99. The minimum absolute atomic E-state index is 0.0127. The molecule has 7 nitrogen and oxygen atoms in total. The van der Waals surface area contributed by atoms with Crippen molar-refractivity contribution in [3.63, 3.8) is 0 Å². The Kier molecular flexibility index (Phi) is 3.63. The van der Waals surface area contributed by atoms with Gasteiger partial charge in [-0.1, -0.05) is 0 Å². The number of morpholine rings is 1. The van der Waals surface area contributed by atoms with E-state index in [1.54, 1.807) is 36.9 Å². The number of nitrogens with one attached hydrogen (secondary N) is 1. The highest BCUT2D eigenvalue weighted by Gasteiger charge is 2.45. The van der Waals surface area contributed by atoms with Gasteiger partial charge < -0.3 is 15.0 Å². The Bertz CT molecular complexity index is 681. The number of anilines is 2. The van der Waals surface area contributed by atoms with Crippen LogP contribution in [0.25, 0.3) is 0 Å². The summed E-state index contributed by atoms with van der Waals surface area (Å²) in [6.45, 7) is 1.35. The summed E-state index contributed by atoms with van der Waals surface area (Å²) in [6, 6.07) is 5.42. The summed E-state index contributed by atoms with van der Waals surface area (Å²) >= 11 is 0. The van der Waals surface area contributed by atoms with Gasteiger partial charge in [0.1, 0.15) is 0 Å². The molecule has 0 aromatic carbocycles. The second-order valence-electron chi connectivity index (χ2n) is 5.82. The van der Waals surface area contributed by atoms with Gasteiger partial charge in [0.05, 0.1) is 30.0 Å². The van der Waals surface area contributed by atoms with Crippen molar-refractivity contribution in [1.29, 1.82) is 0 Å². The Hall–Kier alpha value is -2.54. The van der Waals surface area contributed by atoms with E-state index in [9.17, 15) is 4.79 Å². The quantitative estimate of drug-likeness (QED) is 0.914. The van der Waals surface area contributed by atoms with Crippen molar-refractivity contribution < 1.29 is 9.53 Å². The fourth-order valence-corrected chi connectivity index (χ4v) is 3.22. The number of carbonyl (C=O) groups excluding carboxylic acids is 1. The molecule has 0 aliphatic carbocycles. The molecule has 0 radical (unpaired) electrons. The van der Waals surface area contributed by atoms with Gasteiger partial charge in [-0.15, -0.1) is 0 Å². The van der Waals surface area contributed by atoms with Gasteiger partial charge in [-0.2, -0.15) is 0 Å². The Morgan fingerprint density at radius 1 is 1.22 bits per heavy atom. The van der Waals surface area contributed by atoms with E-state index in [4.69, 9.17) is 4.74 Å². The molecule has 2 aromatic heterocycles. The number of fused-ring (bicyclic) bond motifs is 2. The van der Waals surface area contributed by atoms with Crippen LogP contribution in [0.3, 0.4) is 0 Å². The van der Waals surface area contributed by atoms with Crippen LogP contribution in [-0.2, 0) is 9.53 Å². The molecular weight excluding hydrogens is 294 g/mol. The van der Waals surface area contributed by atoms with E-state index in [1.165, 1.54) is 0 Å². The number of hydrogen-bond donors (Lipinski definition) is 1. The maximum absolute atomic E-state index is 12.5. The van der Waals surface area contributed by atoms with E-state index in [0.29, 0.717) is 18.2 Å². The molecule has 2 bridgehead atoms. The summed E-state index contributed by atoms with van der Waals surface area (Å²) in [7, 11) is 0. The third-order valence-electron chi connectivity index (χ3n) is 4.26. The third-order valence-corrected chi connectivity index (χ3v) is 4.26. The molecule has 2 aliphatic heterocycles. The zero-order valence-corrected chi connectivity index (χ0v) is 12.5. The Labute approximate surface area is 133 Å². The van der Waals surface area contributed by atoms with Gasteiger partial charge in [0.15, 0.2) is 0 Å². The molecule has 0 saturated carbocycles. The molecule has 2 saturated heterocycles. The van der Waals surface area contributed by atoms with Crippen LogP contribution in [0, 0.1) is 5.92 Å². The molecular formula is C16H17N5O2. The molecule has 3 unspecified atom stereocenters. The van der Waals surface area contributed by atoms with E-state index in [-0.39, 0.29) is 24.0 Å². The molecule has 23 heavy (non-hydrogen) atoms. The molecule has 2 fully saturated rings. The molecule has 3 atom stereocenters. The lowest BCUT2D eigenvalue weighted by Gasteiger charge is -2.32. The maximum Gasteiger partial charge on any atom is 0.230 e. The lowest BCUT2D eigenvalue weighted by Crippen LogP contribution is -2.45. The fraction of sp³-hybridized carbons (Fsp3) is 0.375. The molecule has 4 heterocycles. The fourth-order valence-electron chi connectivity index (χ4n) is 3.22. The van der Waals surface area contributed by atoms with Gasteiger partial charge in [0.25, 0.3) is 0 Å². The minimum atomic E-state index is -0.158. The van der Waals surface area contributed by atoms with Crippen LogP contribution >= 0.6 is 0 Å². The summed E-state index contributed by atoms with van der Waals surface area (Å²) in [5, 5.41) is 2.92. The minimum Gasteiger partial charge on any atom is -0.370 e.